The van der Waals surface area contributed by atoms with E-state index in [1.54, 1.807) is 0 Å². The first-order chi connectivity index (χ1) is 17.9. The number of hydrogen-bond acceptors (Lipinski definition) is 11. The van der Waals surface area contributed by atoms with E-state index in [9.17, 15) is 50.1 Å². The third-order valence-electron chi connectivity index (χ3n) is 5.82. The van der Waals surface area contributed by atoms with Crippen molar-refractivity contribution in [2.45, 2.75) is 36.8 Å². The Hall–Kier alpha value is -4.39. The van der Waals surface area contributed by atoms with Gasteiger partial charge in [0.05, 0.1) is 6.10 Å². The molecule has 0 spiro atoms. The lowest BCUT2D eigenvalue weighted by molar-refractivity contribution is -0.202. The summed E-state index contributed by atoms with van der Waals surface area (Å²) in [4.78, 5) is 36.2. The number of ketones is 1. The van der Waals surface area contributed by atoms with Crippen LogP contribution >= 0.6 is 0 Å². The lowest BCUT2D eigenvalue weighted by Crippen LogP contribution is -2.58. The SMILES string of the molecule is O=C(C=Cc1ccc(O)c(O)c1)CO[C@H]1C[C@](O)(C(=O)O)C[C@@H](OC(=O)C=Cc2ccc(O)c(O)c2)[C@H]1O. The normalized spacial score (nSPS) is 23.5. The monoisotopic (exact) mass is 530 g/mol. The number of carbonyl (C=O) groups excluding carboxylic acids is 2. The minimum Gasteiger partial charge on any atom is -0.504 e. The van der Waals surface area contributed by atoms with Crippen LogP contribution in [0.25, 0.3) is 12.2 Å². The van der Waals surface area contributed by atoms with Crippen molar-refractivity contribution < 1.29 is 59.6 Å². The molecule has 12 nitrogen and oxygen atoms in total. The molecule has 0 unspecified atom stereocenters. The Kier molecular flexibility index (Phi) is 8.73. The van der Waals surface area contributed by atoms with Gasteiger partial charge < -0.3 is 45.2 Å². The van der Waals surface area contributed by atoms with E-state index in [0.717, 1.165) is 12.2 Å². The number of carbonyl (C=O) groups is 3. The first kappa shape index (κ1) is 28.2. The molecular weight excluding hydrogens is 504 g/mol. The Morgan fingerprint density at radius 1 is 0.842 bits per heavy atom. The van der Waals surface area contributed by atoms with Crippen molar-refractivity contribution in [2.24, 2.45) is 0 Å². The number of ether oxygens (including phenoxy) is 2. The molecule has 2 aromatic carbocycles. The molecule has 1 aliphatic rings. The Morgan fingerprint density at radius 3 is 1.89 bits per heavy atom. The van der Waals surface area contributed by atoms with Gasteiger partial charge in [-0.05, 0) is 47.5 Å². The van der Waals surface area contributed by atoms with E-state index in [1.165, 1.54) is 48.6 Å². The van der Waals surface area contributed by atoms with Crippen LogP contribution in [0.15, 0.2) is 48.6 Å². The van der Waals surface area contributed by atoms with Gasteiger partial charge in [-0.15, -0.1) is 0 Å². The highest BCUT2D eigenvalue weighted by molar-refractivity contribution is 5.94. The Balaban J connectivity index is 1.65. The average Bonchev–Trinajstić information content (AvgIpc) is 2.86. The number of esters is 1. The van der Waals surface area contributed by atoms with Crippen LogP contribution in [0.1, 0.15) is 24.0 Å². The predicted molar refractivity (Wildman–Crippen MR) is 130 cm³/mol. The number of hydrogen-bond donors (Lipinski definition) is 7. The smallest absolute Gasteiger partial charge is 0.335 e. The first-order valence-corrected chi connectivity index (χ1v) is 11.3. The van der Waals surface area contributed by atoms with Gasteiger partial charge in [-0.25, -0.2) is 9.59 Å². The summed E-state index contributed by atoms with van der Waals surface area (Å²) >= 11 is 0. The van der Waals surface area contributed by atoms with E-state index in [1.807, 2.05) is 0 Å². The predicted octanol–water partition coefficient (Wildman–Crippen LogP) is 1.07. The quantitative estimate of drug-likeness (QED) is 0.138. The van der Waals surface area contributed by atoms with Crippen LogP contribution in [-0.4, -0.2) is 84.0 Å². The fourth-order valence-electron chi connectivity index (χ4n) is 3.74. The second kappa shape index (κ2) is 11.8. The van der Waals surface area contributed by atoms with Crippen LogP contribution in [0.5, 0.6) is 23.0 Å². The van der Waals surface area contributed by atoms with Crippen LogP contribution in [-0.2, 0) is 23.9 Å². The molecule has 0 saturated heterocycles. The second-order valence-electron chi connectivity index (χ2n) is 8.69. The zero-order valence-electron chi connectivity index (χ0n) is 19.8. The topological polar surface area (TPSA) is 211 Å². The summed E-state index contributed by atoms with van der Waals surface area (Å²) in [6.07, 6.45) is -1.04. The van der Waals surface area contributed by atoms with Gasteiger partial charge in [0.25, 0.3) is 0 Å². The van der Waals surface area contributed by atoms with Crippen LogP contribution < -0.4 is 0 Å². The first-order valence-electron chi connectivity index (χ1n) is 11.3. The highest BCUT2D eigenvalue weighted by Crippen LogP contribution is 2.33. The fraction of sp³-hybridized carbons (Fsp3) is 0.269. The molecule has 0 radical (unpaired) electrons. The third-order valence-corrected chi connectivity index (χ3v) is 5.82. The summed E-state index contributed by atoms with van der Waals surface area (Å²) in [6.45, 7) is -0.608. The number of aliphatic hydroxyl groups is 2. The summed E-state index contributed by atoms with van der Waals surface area (Å²) < 4.78 is 10.5. The maximum Gasteiger partial charge on any atom is 0.335 e. The number of rotatable bonds is 9. The van der Waals surface area contributed by atoms with Crippen LogP contribution in [0.4, 0.5) is 0 Å². The summed E-state index contributed by atoms with van der Waals surface area (Å²) in [5, 5.41) is 68.4. The molecule has 0 heterocycles. The molecule has 0 amide bonds. The van der Waals surface area contributed by atoms with Gasteiger partial charge in [0.15, 0.2) is 34.4 Å². The summed E-state index contributed by atoms with van der Waals surface area (Å²) in [5.74, 6) is -4.71. The largest absolute Gasteiger partial charge is 0.504 e. The van der Waals surface area contributed by atoms with Crippen molar-refractivity contribution in [1.29, 1.82) is 0 Å². The average molecular weight is 530 g/mol. The maximum atomic E-state index is 12.3. The van der Waals surface area contributed by atoms with E-state index < -0.39 is 66.8 Å². The minimum atomic E-state index is -2.41. The molecule has 2 aromatic rings. The fourth-order valence-corrected chi connectivity index (χ4v) is 3.74. The summed E-state index contributed by atoms with van der Waals surface area (Å²) in [7, 11) is 0. The molecule has 0 aromatic heterocycles. The van der Waals surface area contributed by atoms with Crippen LogP contribution in [0.3, 0.4) is 0 Å². The van der Waals surface area contributed by atoms with E-state index in [0.29, 0.717) is 11.1 Å². The van der Waals surface area contributed by atoms with Gasteiger partial charge in [-0.1, -0.05) is 18.2 Å². The van der Waals surface area contributed by atoms with Gasteiger partial charge in [0.2, 0.25) is 0 Å². The molecule has 4 atom stereocenters. The zero-order chi connectivity index (χ0) is 28.0. The van der Waals surface area contributed by atoms with Crippen molar-refractivity contribution in [3.8, 4) is 23.0 Å². The van der Waals surface area contributed by atoms with Crippen LogP contribution in [0, 0.1) is 0 Å². The number of carboxylic acid groups (broad SMARTS) is 1. The van der Waals surface area contributed by atoms with Crippen molar-refractivity contribution in [2.75, 3.05) is 6.61 Å². The molecule has 202 valence electrons. The van der Waals surface area contributed by atoms with Crippen molar-refractivity contribution in [3.63, 3.8) is 0 Å². The lowest BCUT2D eigenvalue weighted by Gasteiger charge is -2.40. The molecule has 1 aliphatic carbocycles. The van der Waals surface area contributed by atoms with E-state index >= 15 is 0 Å². The third kappa shape index (κ3) is 7.09. The number of benzene rings is 2. The number of phenols is 4. The van der Waals surface area contributed by atoms with Gasteiger partial charge in [-0.3, -0.25) is 4.79 Å². The van der Waals surface area contributed by atoms with Gasteiger partial charge in [0, 0.05) is 18.9 Å². The number of aromatic hydroxyl groups is 4. The number of carboxylic acids is 1. The van der Waals surface area contributed by atoms with E-state index in [2.05, 4.69) is 0 Å². The molecular formula is C26H26O12. The molecule has 12 heteroatoms. The molecule has 1 fully saturated rings. The molecule has 7 N–H and O–H groups in total. The highest BCUT2D eigenvalue weighted by Gasteiger charge is 2.51. The number of aliphatic carboxylic acids is 1. The minimum absolute atomic E-state index is 0.332. The van der Waals surface area contributed by atoms with Crippen molar-refractivity contribution >= 4 is 29.9 Å². The Bertz CT molecular complexity index is 1270. The molecule has 0 bridgehead atoms. The standard InChI is InChI=1S/C26H26O12/c27-16(5-1-14-2-6-17(28)19(30)9-14)13-37-21-11-26(36,25(34)35)12-22(24(21)33)38-23(32)8-4-15-3-7-18(29)20(31)10-15/h1-10,21-22,24,28-31,33,36H,11-13H2,(H,34,35)/t21-,22+,24-,26+/m0/s1. The maximum absolute atomic E-state index is 12.3. The van der Waals surface area contributed by atoms with Gasteiger partial charge >= 0.3 is 11.9 Å². The summed E-state index contributed by atoms with van der Waals surface area (Å²) in [5.41, 5.74) is -1.68. The highest BCUT2D eigenvalue weighted by atomic mass is 16.6. The molecule has 3 rings (SSSR count). The van der Waals surface area contributed by atoms with Crippen molar-refractivity contribution in [3.05, 3.63) is 59.7 Å². The Morgan fingerprint density at radius 2 is 1.37 bits per heavy atom. The number of phenolic OH excluding ortho intramolecular Hbond substituents is 4. The van der Waals surface area contributed by atoms with Gasteiger partial charge in [-0.2, -0.15) is 0 Å². The molecule has 0 aliphatic heterocycles. The molecule has 38 heavy (non-hydrogen) atoms. The number of aliphatic hydroxyl groups excluding tert-OH is 1. The summed E-state index contributed by atoms with van der Waals surface area (Å²) in [6, 6.07) is 7.66. The Labute approximate surface area is 215 Å². The van der Waals surface area contributed by atoms with E-state index in [4.69, 9.17) is 9.47 Å². The zero-order valence-corrected chi connectivity index (χ0v) is 19.8. The second-order valence-corrected chi connectivity index (χ2v) is 8.69. The van der Waals surface area contributed by atoms with Crippen molar-refractivity contribution in [1.82, 2.24) is 0 Å². The molecule has 1 saturated carbocycles. The van der Waals surface area contributed by atoms with Gasteiger partial charge in [0.1, 0.15) is 18.8 Å². The van der Waals surface area contributed by atoms with E-state index in [-0.39, 0.29) is 17.2 Å². The van der Waals surface area contributed by atoms with Crippen LogP contribution in [0.2, 0.25) is 0 Å². The lowest BCUT2D eigenvalue weighted by atomic mass is 9.79.